The molecule has 2 atom stereocenters. The van der Waals surface area contributed by atoms with Crippen LogP contribution < -0.4 is 10.6 Å². The number of hydrogen-bond donors (Lipinski definition) is 2. The summed E-state index contributed by atoms with van der Waals surface area (Å²) in [5.41, 5.74) is 3.84. The average molecular weight is 326 g/mol. The van der Waals surface area contributed by atoms with Gasteiger partial charge in [0.1, 0.15) is 0 Å². The SMILES string of the molecule is Cc1cc(C(=O)NC2CNCCC2C)c(C)n1Cc1ccccn1. The highest BCUT2D eigenvalue weighted by molar-refractivity contribution is 5.96. The number of aromatic nitrogens is 2. The monoisotopic (exact) mass is 326 g/mol. The molecule has 3 heterocycles. The topological polar surface area (TPSA) is 59.0 Å². The first-order valence-corrected chi connectivity index (χ1v) is 8.64. The predicted octanol–water partition coefficient (Wildman–Crippen LogP) is 2.28. The molecule has 2 N–H and O–H groups in total. The van der Waals surface area contributed by atoms with E-state index in [2.05, 4.69) is 27.1 Å². The predicted molar refractivity (Wildman–Crippen MR) is 95.1 cm³/mol. The van der Waals surface area contributed by atoms with Crippen LogP contribution in [0, 0.1) is 19.8 Å². The van der Waals surface area contributed by atoms with Gasteiger partial charge in [-0.25, -0.2) is 0 Å². The summed E-state index contributed by atoms with van der Waals surface area (Å²) in [5, 5.41) is 6.56. The summed E-state index contributed by atoms with van der Waals surface area (Å²) in [6.45, 7) is 8.82. The van der Waals surface area contributed by atoms with Gasteiger partial charge in [-0.1, -0.05) is 13.0 Å². The largest absolute Gasteiger partial charge is 0.348 e. The first kappa shape index (κ1) is 16.7. The number of nitrogens with zero attached hydrogens (tertiary/aromatic N) is 2. The Labute approximate surface area is 143 Å². The second kappa shape index (κ2) is 7.18. The summed E-state index contributed by atoms with van der Waals surface area (Å²) < 4.78 is 2.15. The van der Waals surface area contributed by atoms with E-state index >= 15 is 0 Å². The molecule has 2 unspecified atom stereocenters. The molecule has 0 aromatic carbocycles. The van der Waals surface area contributed by atoms with Gasteiger partial charge in [-0.15, -0.1) is 0 Å². The molecule has 128 valence electrons. The summed E-state index contributed by atoms with van der Waals surface area (Å²) in [7, 11) is 0. The smallest absolute Gasteiger partial charge is 0.253 e. The lowest BCUT2D eigenvalue weighted by molar-refractivity contribution is 0.0914. The van der Waals surface area contributed by atoms with Crippen LogP contribution in [0.5, 0.6) is 0 Å². The molecule has 2 aromatic rings. The maximum atomic E-state index is 12.7. The number of pyridine rings is 1. The minimum atomic E-state index is 0.0240. The molecule has 24 heavy (non-hydrogen) atoms. The van der Waals surface area contributed by atoms with Crippen molar-refractivity contribution in [1.82, 2.24) is 20.2 Å². The minimum Gasteiger partial charge on any atom is -0.348 e. The van der Waals surface area contributed by atoms with E-state index in [1.54, 1.807) is 6.20 Å². The fourth-order valence-corrected chi connectivity index (χ4v) is 3.36. The molecule has 0 spiro atoms. The van der Waals surface area contributed by atoms with E-state index in [1.807, 2.05) is 38.1 Å². The number of carbonyl (C=O) groups is 1. The van der Waals surface area contributed by atoms with Gasteiger partial charge >= 0.3 is 0 Å². The minimum absolute atomic E-state index is 0.0240. The number of piperidine rings is 1. The summed E-state index contributed by atoms with van der Waals surface area (Å²) in [6.07, 6.45) is 2.90. The van der Waals surface area contributed by atoms with Gasteiger partial charge in [0.15, 0.2) is 0 Å². The van der Waals surface area contributed by atoms with Gasteiger partial charge in [0, 0.05) is 30.2 Å². The maximum absolute atomic E-state index is 12.7. The van der Waals surface area contributed by atoms with E-state index in [0.29, 0.717) is 12.5 Å². The third kappa shape index (κ3) is 3.51. The lowest BCUT2D eigenvalue weighted by Crippen LogP contribution is -2.50. The summed E-state index contributed by atoms with van der Waals surface area (Å²) in [4.78, 5) is 17.1. The van der Waals surface area contributed by atoms with E-state index in [4.69, 9.17) is 0 Å². The zero-order chi connectivity index (χ0) is 17.1. The number of amides is 1. The second-order valence-corrected chi connectivity index (χ2v) is 6.74. The molecule has 1 fully saturated rings. The van der Waals surface area contributed by atoms with E-state index in [9.17, 15) is 4.79 Å². The van der Waals surface area contributed by atoms with Crippen molar-refractivity contribution in [3.63, 3.8) is 0 Å². The van der Waals surface area contributed by atoms with E-state index in [-0.39, 0.29) is 11.9 Å². The Hall–Kier alpha value is -2.14. The quantitative estimate of drug-likeness (QED) is 0.906. The fraction of sp³-hybridized carbons (Fsp3) is 0.474. The average Bonchev–Trinajstić information content (AvgIpc) is 2.86. The molecule has 2 aromatic heterocycles. The first-order chi connectivity index (χ1) is 11.6. The Morgan fingerprint density at radius 2 is 2.25 bits per heavy atom. The Kier molecular flexibility index (Phi) is 5.00. The van der Waals surface area contributed by atoms with Crippen molar-refractivity contribution >= 4 is 5.91 Å². The highest BCUT2D eigenvalue weighted by Gasteiger charge is 2.24. The molecule has 0 aliphatic carbocycles. The van der Waals surface area contributed by atoms with Crippen LogP contribution in [0.4, 0.5) is 0 Å². The van der Waals surface area contributed by atoms with Gasteiger partial charge in [-0.2, -0.15) is 0 Å². The van der Waals surface area contributed by atoms with Crippen LogP contribution in [0.3, 0.4) is 0 Å². The van der Waals surface area contributed by atoms with Crippen molar-refractivity contribution < 1.29 is 4.79 Å². The molecule has 5 nitrogen and oxygen atoms in total. The van der Waals surface area contributed by atoms with Gasteiger partial charge in [0.2, 0.25) is 0 Å². The molecule has 3 rings (SSSR count). The third-order valence-electron chi connectivity index (χ3n) is 5.01. The van der Waals surface area contributed by atoms with Crippen LogP contribution in [-0.2, 0) is 6.54 Å². The van der Waals surface area contributed by atoms with Crippen LogP contribution in [-0.4, -0.2) is 34.6 Å². The summed E-state index contributed by atoms with van der Waals surface area (Å²) >= 11 is 0. The van der Waals surface area contributed by atoms with E-state index in [0.717, 1.165) is 42.2 Å². The van der Waals surface area contributed by atoms with Crippen LogP contribution in [0.1, 0.15) is 40.8 Å². The summed E-state index contributed by atoms with van der Waals surface area (Å²) in [6, 6.07) is 8.09. The molecule has 5 heteroatoms. The lowest BCUT2D eigenvalue weighted by atomic mass is 9.94. The molecule has 0 saturated carbocycles. The third-order valence-corrected chi connectivity index (χ3v) is 5.01. The van der Waals surface area contributed by atoms with Crippen molar-refractivity contribution in [2.45, 2.75) is 39.8 Å². The Morgan fingerprint density at radius 3 is 2.96 bits per heavy atom. The van der Waals surface area contributed by atoms with Gasteiger partial charge < -0.3 is 15.2 Å². The van der Waals surface area contributed by atoms with Crippen LogP contribution in [0.2, 0.25) is 0 Å². The number of hydrogen-bond acceptors (Lipinski definition) is 3. The van der Waals surface area contributed by atoms with Crippen LogP contribution >= 0.6 is 0 Å². The Morgan fingerprint density at radius 1 is 1.42 bits per heavy atom. The molecular formula is C19H26N4O. The lowest BCUT2D eigenvalue weighted by Gasteiger charge is -2.30. The second-order valence-electron chi connectivity index (χ2n) is 6.74. The highest BCUT2D eigenvalue weighted by Crippen LogP contribution is 2.18. The summed E-state index contributed by atoms with van der Waals surface area (Å²) in [5.74, 6) is 0.531. The van der Waals surface area contributed by atoms with E-state index < -0.39 is 0 Å². The molecule has 1 amide bonds. The van der Waals surface area contributed by atoms with Crippen molar-refractivity contribution in [2.24, 2.45) is 5.92 Å². The van der Waals surface area contributed by atoms with Gasteiger partial charge in [-0.05, 0) is 50.9 Å². The van der Waals surface area contributed by atoms with E-state index in [1.165, 1.54) is 0 Å². The van der Waals surface area contributed by atoms with Gasteiger partial charge in [0.25, 0.3) is 5.91 Å². The van der Waals surface area contributed by atoms with Gasteiger partial charge in [-0.3, -0.25) is 9.78 Å². The Bertz CT molecular complexity index is 708. The molecule has 0 radical (unpaired) electrons. The standard InChI is InChI=1S/C19H26N4O/c1-13-7-9-20-11-18(13)22-19(24)17-10-14(2)23(15(17)3)12-16-6-4-5-8-21-16/h4-6,8,10,13,18,20H,7,9,11-12H2,1-3H3,(H,22,24). The zero-order valence-electron chi connectivity index (χ0n) is 14.7. The van der Waals surface area contributed by atoms with Crippen LogP contribution in [0.15, 0.2) is 30.5 Å². The fourth-order valence-electron chi connectivity index (χ4n) is 3.36. The maximum Gasteiger partial charge on any atom is 0.253 e. The van der Waals surface area contributed by atoms with Crippen LogP contribution in [0.25, 0.3) is 0 Å². The normalized spacial score (nSPS) is 20.8. The molecule has 1 aliphatic rings. The highest BCUT2D eigenvalue weighted by atomic mass is 16.1. The van der Waals surface area contributed by atoms with Gasteiger partial charge in [0.05, 0.1) is 17.8 Å². The number of aryl methyl sites for hydroxylation is 1. The Balaban J connectivity index is 1.76. The molecule has 1 aliphatic heterocycles. The molecule has 0 bridgehead atoms. The first-order valence-electron chi connectivity index (χ1n) is 8.64. The van der Waals surface area contributed by atoms with Crippen molar-refractivity contribution in [3.05, 3.63) is 53.1 Å². The van der Waals surface area contributed by atoms with Crippen molar-refractivity contribution in [1.29, 1.82) is 0 Å². The number of rotatable bonds is 4. The molecular weight excluding hydrogens is 300 g/mol. The van der Waals surface area contributed by atoms with Crippen molar-refractivity contribution in [3.8, 4) is 0 Å². The molecule has 1 saturated heterocycles. The van der Waals surface area contributed by atoms with Crippen molar-refractivity contribution in [2.75, 3.05) is 13.1 Å². The zero-order valence-corrected chi connectivity index (χ0v) is 14.7. The number of nitrogens with one attached hydrogen (secondary N) is 2. The number of carbonyl (C=O) groups excluding carboxylic acids is 1.